The second-order valence-electron chi connectivity index (χ2n) is 5.37. The SMILES string of the molecule is O=c1c(Br)c(N/N=C/CCc2ccccc2)cnn1-c1ccccc1. The summed E-state index contributed by atoms with van der Waals surface area (Å²) in [5.74, 6) is 0. The van der Waals surface area contributed by atoms with Crippen molar-refractivity contribution in [2.24, 2.45) is 5.10 Å². The van der Waals surface area contributed by atoms with Crippen LogP contribution < -0.4 is 11.0 Å². The summed E-state index contributed by atoms with van der Waals surface area (Å²) in [5.41, 5.74) is 5.14. The van der Waals surface area contributed by atoms with Gasteiger partial charge in [0, 0.05) is 6.21 Å². The first-order valence-electron chi connectivity index (χ1n) is 7.90. The molecule has 126 valence electrons. The average molecular weight is 397 g/mol. The Balaban J connectivity index is 1.64. The van der Waals surface area contributed by atoms with Gasteiger partial charge in [-0.3, -0.25) is 10.2 Å². The molecule has 25 heavy (non-hydrogen) atoms. The fraction of sp³-hybridized carbons (Fsp3) is 0.105. The quantitative estimate of drug-likeness (QED) is 0.505. The molecule has 6 heteroatoms. The van der Waals surface area contributed by atoms with E-state index in [0.29, 0.717) is 15.8 Å². The predicted octanol–water partition coefficient (Wildman–Crippen LogP) is 4.03. The van der Waals surface area contributed by atoms with Gasteiger partial charge in [0.2, 0.25) is 0 Å². The number of hydrogen-bond donors (Lipinski definition) is 1. The number of aromatic nitrogens is 2. The van der Waals surface area contributed by atoms with Crippen LogP contribution in [-0.2, 0) is 6.42 Å². The summed E-state index contributed by atoms with van der Waals surface area (Å²) in [6.45, 7) is 0. The molecule has 0 saturated heterocycles. The lowest BCUT2D eigenvalue weighted by atomic mass is 10.1. The molecule has 2 aromatic carbocycles. The number of halogens is 1. The summed E-state index contributed by atoms with van der Waals surface area (Å²) in [7, 11) is 0. The fourth-order valence-electron chi connectivity index (χ4n) is 2.32. The van der Waals surface area contributed by atoms with Gasteiger partial charge in [0.05, 0.1) is 17.6 Å². The van der Waals surface area contributed by atoms with Gasteiger partial charge in [-0.1, -0.05) is 48.5 Å². The first-order chi connectivity index (χ1) is 12.3. The lowest BCUT2D eigenvalue weighted by molar-refractivity contribution is 0.801. The van der Waals surface area contributed by atoms with Gasteiger partial charge in [-0.05, 0) is 46.5 Å². The van der Waals surface area contributed by atoms with E-state index in [1.54, 1.807) is 12.4 Å². The molecule has 0 saturated carbocycles. The van der Waals surface area contributed by atoms with Gasteiger partial charge in [-0.15, -0.1) is 0 Å². The molecule has 3 rings (SSSR count). The number of anilines is 1. The number of rotatable bonds is 6. The number of para-hydroxylation sites is 1. The largest absolute Gasteiger partial charge is 0.287 e. The van der Waals surface area contributed by atoms with Gasteiger partial charge in [-0.25, -0.2) is 0 Å². The second kappa shape index (κ2) is 8.39. The van der Waals surface area contributed by atoms with Gasteiger partial charge in [0.15, 0.2) is 0 Å². The molecule has 0 aliphatic heterocycles. The predicted molar refractivity (Wildman–Crippen MR) is 104 cm³/mol. The summed E-state index contributed by atoms with van der Waals surface area (Å²) in [5, 5.41) is 8.36. The third-order valence-electron chi connectivity index (χ3n) is 3.60. The summed E-state index contributed by atoms with van der Waals surface area (Å²) in [6.07, 6.45) is 5.10. The van der Waals surface area contributed by atoms with Crippen LogP contribution in [0.5, 0.6) is 0 Å². The van der Waals surface area contributed by atoms with E-state index in [1.165, 1.54) is 10.2 Å². The van der Waals surface area contributed by atoms with Crippen molar-refractivity contribution in [1.29, 1.82) is 0 Å². The first-order valence-corrected chi connectivity index (χ1v) is 8.70. The third kappa shape index (κ3) is 4.42. The smallest absolute Gasteiger partial charge is 0.276 e. The zero-order valence-corrected chi connectivity index (χ0v) is 15.1. The third-order valence-corrected chi connectivity index (χ3v) is 4.37. The van der Waals surface area contributed by atoms with Crippen LogP contribution in [0, 0.1) is 0 Å². The molecule has 0 spiro atoms. The van der Waals surface area contributed by atoms with Crippen LogP contribution in [0.2, 0.25) is 0 Å². The highest BCUT2D eigenvalue weighted by Crippen LogP contribution is 2.17. The molecule has 3 aromatic rings. The molecule has 0 aliphatic rings. The Hall–Kier alpha value is -2.73. The van der Waals surface area contributed by atoms with Crippen molar-refractivity contribution in [3.05, 3.63) is 87.3 Å². The van der Waals surface area contributed by atoms with E-state index in [-0.39, 0.29) is 5.56 Å². The van der Waals surface area contributed by atoms with Crippen molar-refractivity contribution in [2.75, 3.05) is 5.43 Å². The average Bonchev–Trinajstić information content (AvgIpc) is 2.66. The van der Waals surface area contributed by atoms with E-state index in [1.807, 2.05) is 48.5 Å². The number of aryl methyl sites for hydroxylation is 1. The molecule has 5 nitrogen and oxygen atoms in total. The summed E-state index contributed by atoms with van der Waals surface area (Å²) in [4.78, 5) is 12.4. The molecule has 1 heterocycles. The number of nitrogens with zero attached hydrogens (tertiary/aromatic N) is 3. The van der Waals surface area contributed by atoms with E-state index in [9.17, 15) is 4.79 Å². The fourth-order valence-corrected chi connectivity index (χ4v) is 2.68. The van der Waals surface area contributed by atoms with Crippen LogP contribution in [-0.4, -0.2) is 16.0 Å². The zero-order chi connectivity index (χ0) is 17.5. The molecular weight excluding hydrogens is 380 g/mol. The summed E-state index contributed by atoms with van der Waals surface area (Å²) >= 11 is 3.32. The van der Waals surface area contributed by atoms with Crippen LogP contribution >= 0.6 is 15.9 Å². The van der Waals surface area contributed by atoms with E-state index in [2.05, 4.69) is 43.7 Å². The van der Waals surface area contributed by atoms with E-state index < -0.39 is 0 Å². The maximum Gasteiger partial charge on any atom is 0.287 e. The number of hydrogen-bond acceptors (Lipinski definition) is 4. The lowest BCUT2D eigenvalue weighted by Crippen LogP contribution is -2.22. The Morgan fingerprint density at radius 3 is 2.48 bits per heavy atom. The van der Waals surface area contributed by atoms with Crippen molar-refractivity contribution in [2.45, 2.75) is 12.8 Å². The zero-order valence-electron chi connectivity index (χ0n) is 13.5. The Morgan fingerprint density at radius 2 is 1.76 bits per heavy atom. The normalized spacial score (nSPS) is 10.9. The number of nitrogens with one attached hydrogen (secondary N) is 1. The maximum atomic E-state index is 12.4. The van der Waals surface area contributed by atoms with Crippen LogP contribution in [0.25, 0.3) is 5.69 Å². The van der Waals surface area contributed by atoms with Crippen molar-refractivity contribution in [3.63, 3.8) is 0 Å². The topological polar surface area (TPSA) is 59.3 Å². The monoisotopic (exact) mass is 396 g/mol. The molecule has 1 aromatic heterocycles. The molecule has 0 fully saturated rings. The Kier molecular flexibility index (Phi) is 5.74. The summed E-state index contributed by atoms with van der Waals surface area (Å²) < 4.78 is 1.74. The summed E-state index contributed by atoms with van der Waals surface area (Å²) in [6, 6.07) is 19.5. The maximum absolute atomic E-state index is 12.4. The minimum absolute atomic E-state index is 0.240. The van der Waals surface area contributed by atoms with Gasteiger partial charge < -0.3 is 0 Å². The van der Waals surface area contributed by atoms with Crippen LogP contribution in [0.3, 0.4) is 0 Å². The molecular formula is C19H17BrN4O. The number of benzene rings is 2. The second-order valence-corrected chi connectivity index (χ2v) is 6.17. The Morgan fingerprint density at radius 1 is 1.08 bits per heavy atom. The van der Waals surface area contributed by atoms with E-state index >= 15 is 0 Å². The lowest BCUT2D eigenvalue weighted by Gasteiger charge is -2.07. The van der Waals surface area contributed by atoms with E-state index in [4.69, 9.17) is 0 Å². The minimum atomic E-state index is -0.240. The molecule has 0 aliphatic carbocycles. The molecule has 0 amide bonds. The molecule has 1 N–H and O–H groups in total. The highest BCUT2D eigenvalue weighted by atomic mass is 79.9. The van der Waals surface area contributed by atoms with Gasteiger partial charge in [0.1, 0.15) is 4.47 Å². The van der Waals surface area contributed by atoms with Crippen LogP contribution in [0.4, 0.5) is 5.69 Å². The first kappa shape index (κ1) is 17.1. The number of hydrazone groups is 1. The highest BCUT2D eigenvalue weighted by molar-refractivity contribution is 9.10. The highest BCUT2D eigenvalue weighted by Gasteiger charge is 2.09. The standard InChI is InChI=1S/C19H17BrN4O/c20-18-17(23-21-13-7-10-15-8-3-1-4-9-15)14-22-24(19(18)25)16-11-5-2-6-12-16/h1-6,8-9,11-14,23H,7,10H2/b21-13+. The van der Waals surface area contributed by atoms with Gasteiger partial charge in [-0.2, -0.15) is 14.9 Å². The van der Waals surface area contributed by atoms with Crippen molar-refractivity contribution < 1.29 is 0 Å². The van der Waals surface area contributed by atoms with Crippen LogP contribution in [0.1, 0.15) is 12.0 Å². The van der Waals surface area contributed by atoms with E-state index in [0.717, 1.165) is 12.8 Å². The molecule has 0 bridgehead atoms. The molecule has 0 radical (unpaired) electrons. The Labute approximate surface area is 154 Å². The molecule has 0 unspecified atom stereocenters. The molecule has 0 atom stereocenters. The van der Waals surface area contributed by atoms with Crippen molar-refractivity contribution in [3.8, 4) is 5.69 Å². The van der Waals surface area contributed by atoms with Crippen molar-refractivity contribution in [1.82, 2.24) is 9.78 Å². The Bertz CT molecular complexity index is 908. The minimum Gasteiger partial charge on any atom is -0.276 e. The van der Waals surface area contributed by atoms with Gasteiger partial charge >= 0.3 is 0 Å². The van der Waals surface area contributed by atoms with Crippen LogP contribution in [0.15, 0.2) is 81.2 Å². The van der Waals surface area contributed by atoms with Crippen molar-refractivity contribution >= 4 is 27.8 Å². The van der Waals surface area contributed by atoms with Gasteiger partial charge in [0.25, 0.3) is 5.56 Å².